The third-order valence-electron chi connectivity index (χ3n) is 3.52. The molecule has 3 heteroatoms. The summed E-state index contributed by atoms with van der Waals surface area (Å²) in [5.74, 6) is 0. The molecule has 0 aliphatic carbocycles. The van der Waals surface area contributed by atoms with Gasteiger partial charge < -0.3 is 0 Å². The van der Waals surface area contributed by atoms with Gasteiger partial charge in [-0.15, -0.1) is 0 Å². The molecule has 0 spiro atoms. The van der Waals surface area contributed by atoms with Gasteiger partial charge in [-0.3, -0.25) is 0 Å². The predicted octanol–water partition coefficient (Wildman–Crippen LogP) is 5.21. The number of rotatable bonds is 1. The second-order valence-electron chi connectivity index (χ2n) is 4.92. The van der Waals surface area contributed by atoms with Crippen molar-refractivity contribution in [1.82, 2.24) is 9.97 Å². The van der Waals surface area contributed by atoms with Crippen LogP contribution < -0.4 is 0 Å². The van der Waals surface area contributed by atoms with Gasteiger partial charge in [-0.05, 0) is 47.5 Å². The van der Waals surface area contributed by atoms with Crippen LogP contribution in [-0.4, -0.2) is 9.97 Å². The Labute approximate surface area is 130 Å². The number of hydrogen-bond donors (Lipinski definition) is 0. The van der Waals surface area contributed by atoms with Gasteiger partial charge in [0.2, 0.25) is 0 Å². The van der Waals surface area contributed by atoms with E-state index in [1.807, 2.05) is 42.5 Å². The highest BCUT2D eigenvalue weighted by Crippen LogP contribution is 2.25. The number of benzene rings is 3. The Morgan fingerprint density at radius 1 is 0.571 bits per heavy atom. The summed E-state index contributed by atoms with van der Waals surface area (Å²) in [6.45, 7) is 0. The van der Waals surface area contributed by atoms with Gasteiger partial charge in [0, 0.05) is 4.47 Å². The molecule has 0 amide bonds. The van der Waals surface area contributed by atoms with Crippen LogP contribution in [0.15, 0.2) is 71.2 Å². The molecule has 0 saturated heterocycles. The molecule has 0 unspecified atom stereocenters. The smallest absolute Gasteiger partial charge is 0.0900 e. The number of para-hydroxylation sites is 2. The molecule has 0 atom stereocenters. The molecule has 0 fully saturated rings. The minimum atomic E-state index is 0.925. The SMILES string of the molecule is Brc1ccc(-c2ccc3nc4ccccc4nc3c2)cc1. The lowest BCUT2D eigenvalue weighted by atomic mass is 10.1. The number of nitrogens with zero attached hydrogens (tertiary/aromatic N) is 2. The molecule has 1 aromatic heterocycles. The van der Waals surface area contributed by atoms with Gasteiger partial charge in [-0.2, -0.15) is 0 Å². The fraction of sp³-hybridized carbons (Fsp3) is 0. The van der Waals surface area contributed by atoms with Crippen molar-refractivity contribution in [2.45, 2.75) is 0 Å². The van der Waals surface area contributed by atoms with Crippen LogP contribution in [0.2, 0.25) is 0 Å². The van der Waals surface area contributed by atoms with Crippen LogP contribution in [0.1, 0.15) is 0 Å². The van der Waals surface area contributed by atoms with Crippen LogP contribution in [0.3, 0.4) is 0 Å². The highest BCUT2D eigenvalue weighted by Gasteiger charge is 2.04. The fourth-order valence-corrected chi connectivity index (χ4v) is 2.71. The minimum absolute atomic E-state index is 0.925. The summed E-state index contributed by atoms with van der Waals surface area (Å²) in [5, 5.41) is 0. The van der Waals surface area contributed by atoms with Crippen molar-refractivity contribution in [3.8, 4) is 11.1 Å². The third-order valence-corrected chi connectivity index (χ3v) is 4.05. The van der Waals surface area contributed by atoms with Crippen molar-refractivity contribution in [3.63, 3.8) is 0 Å². The highest BCUT2D eigenvalue weighted by molar-refractivity contribution is 9.10. The van der Waals surface area contributed by atoms with E-state index in [-0.39, 0.29) is 0 Å². The van der Waals surface area contributed by atoms with Crippen molar-refractivity contribution in [1.29, 1.82) is 0 Å². The zero-order valence-electron chi connectivity index (χ0n) is 11.1. The molecule has 100 valence electrons. The lowest BCUT2D eigenvalue weighted by Crippen LogP contribution is -1.88. The van der Waals surface area contributed by atoms with Crippen molar-refractivity contribution >= 4 is 38.0 Å². The molecule has 4 rings (SSSR count). The maximum absolute atomic E-state index is 4.71. The molecule has 1 heterocycles. The molecule has 2 nitrogen and oxygen atoms in total. The summed E-state index contributed by atoms with van der Waals surface area (Å²) in [4.78, 5) is 9.37. The molecular weight excluding hydrogens is 324 g/mol. The van der Waals surface area contributed by atoms with Gasteiger partial charge >= 0.3 is 0 Å². The first kappa shape index (κ1) is 12.5. The summed E-state index contributed by atoms with van der Waals surface area (Å²) in [7, 11) is 0. The van der Waals surface area contributed by atoms with E-state index in [9.17, 15) is 0 Å². The van der Waals surface area contributed by atoms with Crippen molar-refractivity contribution < 1.29 is 0 Å². The number of halogens is 1. The molecule has 4 aromatic rings. The van der Waals surface area contributed by atoms with Crippen molar-refractivity contribution in [2.24, 2.45) is 0 Å². The summed E-state index contributed by atoms with van der Waals surface area (Å²) < 4.78 is 1.08. The number of fused-ring (bicyclic) bond motifs is 2. The monoisotopic (exact) mass is 334 g/mol. The molecule has 0 bridgehead atoms. The van der Waals surface area contributed by atoms with Gasteiger partial charge in [-0.1, -0.05) is 46.3 Å². The Morgan fingerprint density at radius 2 is 1.14 bits per heavy atom. The summed E-state index contributed by atoms with van der Waals surface area (Å²) in [6.07, 6.45) is 0. The van der Waals surface area contributed by atoms with E-state index in [0.29, 0.717) is 0 Å². The second-order valence-corrected chi connectivity index (χ2v) is 5.84. The quantitative estimate of drug-likeness (QED) is 0.446. The Kier molecular flexibility index (Phi) is 2.93. The molecule has 0 radical (unpaired) electrons. The van der Waals surface area contributed by atoms with Gasteiger partial charge in [0.1, 0.15) is 0 Å². The summed E-state index contributed by atoms with van der Waals surface area (Å²) in [5.41, 5.74) is 6.04. The first-order valence-electron chi connectivity index (χ1n) is 6.72. The van der Waals surface area contributed by atoms with Crippen molar-refractivity contribution in [3.05, 3.63) is 71.2 Å². The predicted molar refractivity (Wildman–Crippen MR) is 90.2 cm³/mol. The van der Waals surface area contributed by atoms with Crippen LogP contribution in [-0.2, 0) is 0 Å². The molecule has 3 aromatic carbocycles. The van der Waals surface area contributed by atoms with Crippen LogP contribution in [0.5, 0.6) is 0 Å². The zero-order chi connectivity index (χ0) is 14.2. The average molecular weight is 335 g/mol. The maximum atomic E-state index is 4.71. The fourth-order valence-electron chi connectivity index (χ4n) is 2.44. The van der Waals surface area contributed by atoms with Gasteiger partial charge in [0.05, 0.1) is 22.1 Å². The van der Waals surface area contributed by atoms with Crippen molar-refractivity contribution in [2.75, 3.05) is 0 Å². The zero-order valence-corrected chi connectivity index (χ0v) is 12.7. The van der Waals surface area contributed by atoms with Gasteiger partial charge in [0.15, 0.2) is 0 Å². The Balaban J connectivity index is 1.92. The third kappa shape index (κ3) is 2.30. The minimum Gasteiger partial charge on any atom is -0.245 e. The second kappa shape index (κ2) is 4.93. The highest BCUT2D eigenvalue weighted by atomic mass is 79.9. The largest absolute Gasteiger partial charge is 0.245 e. The van der Waals surface area contributed by atoms with E-state index in [4.69, 9.17) is 4.98 Å². The topological polar surface area (TPSA) is 25.8 Å². The van der Waals surface area contributed by atoms with E-state index in [1.54, 1.807) is 0 Å². The van der Waals surface area contributed by atoms with E-state index in [0.717, 1.165) is 32.1 Å². The van der Waals surface area contributed by atoms with E-state index >= 15 is 0 Å². The lowest BCUT2D eigenvalue weighted by molar-refractivity contribution is 1.39. The Hall–Kier alpha value is -2.26. The van der Waals surface area contributed by atoms with E-state index in [2.05, 4.69) is 45.2 Å². The molecule has 0 aliphatic heterocycles. The van der Waals surface area contributed by atoms with Crippen LogP contribution in [0.4, 0.5) is 0 Å². The van der Waals surface area contributed by atoms with E-state index in [1.165, 1.54) is 5.56 Å². The first-order chi connectivity index (χ1) is 10.3. The Bertz CT molecular complexity index is 946. The maximum Gasteiger partial charge on any atom is 0.0900 e. The summed E-state index contributed by atoms with van der Waals surface area (Å²) in [6, 6.07) is 22.5. The van der Waals surface area contributed by atoms with Gasteiger partial charge in [-0.25, -0.2) is 9.97 Å². The number of hydrogen-bond acceptors (Lipinski definition) is 2. The molecule has 0 saturated carbocycles. The molecule has 0 N–H and O–H groups in total. The normalized spacial score (nSPS) is 11.1. The van der Waals surface area contributed by atoms with Crippen LogP contribution >= 0.6 is 15.9 Å². The number of aromatic nitrogens is 2. The van der Waals surface area contributed by atoms with Crippen LogP contribution in [0, 0.1) is 0 Å². The van der Waals surface area contributed by atoms with Crippen LogP contribution in [0.25, 0.3) is 33.2 Å². The molecule has 0 aliphatic rings. The molecule has 21 heavy (non-hydrogen) atoms. The summed E-state index contributed by atoms with van der Waals surface area (Å²) >= 11 is 3.46. The standard InChI is InChI=1S/C18H11BrN2/c19-14-8-5-12(6-9-14)13-7-10-17-18(11-13)21-16-4-2-1-3-15(16)20-17/h1-11H. The first-order valence-corrected chi connectivity index (χ1v) is 7.51. The van der Waals surface area contributed by atoms with Gasteiger partial charge in [0.25, 0.3) is 0 Å². The Morgan fingerprint density at radius 3 is 1.86 bits per heavy atom. The molecular formula is C18H11BrN2. The van der Waals surface area contributed by atoms with E-state index < -0.39 is 0 Å². The average Bonchev–Trinajstić information content (AvgIpc) is 2.53. The lowest BCUT2D eigenvalue weighted by Gasteiger charge is -2.05.